The molecule has 0 spiro atoms. The lowest BCUT2D eigenvalue weighted by atomic mass is 9.63. The molecule has 6 aliphatic rings. The van der Waals surface area contributed by atoms with E-state index in [1.807, 2.05) is 6.20 Å². The molecule has 0 aromatic heterocycles. The van der Waals surface area contributed by atoms with Gasteiger partial charge in [-0.2, -0.15) is 0 Å². The van der Waals surface area contributed by atoms with Gasteiger partial charge in [0.25, 0.3) is 0 Å². The molecular formula is C38H57N3. The smallest absolute Gasteiger partial charge is 0.0329 e. The summed E-state index contributed by atoms with van der Waals surface area (Å²) in [5.41, 5.74) is 12.6. The van der Waals surface area contributed by atoms with E-state index in [0.717, 1.165) is 18.4 Å². The zero-order valence-corrected chi connectivity index (χ0v) is 25.8. The van der Waals surface area contributed by atoms with Crippen LogP contribution in [-0.2, 0) is 0 Å². The highest BCUT2D eigenvalue weighted by Gasteiger charge is 2.40. The standard InChI is InChI=1S/C38H57N3/c1-2-9-30(26-39)33-20-21-36(35-15-8-7-14-34(33)35)37-19-16-27(10-3-6-13-31-22-23-40-31)24-38(37)41-32-18-17-28-11-4-5-12-29(28)25-32/h5,8,12,15,17-18,25-29,31,33-34,37-38,40-41H,2-4,6-7,9-11,13-14,16,19-24,39H2,1H3/b30-26+/t27?,28?,29?,31-,33?,34?,37?,38?/m1/s1. The van der Waals surface area contributed by atoms with Gasteiger partial charge in [0.15, 0.2) is 0 Å². The van der Waals surface area contributed by atoms with Gasteiger partial charge in [-0.3, -0.25) is 0 Å². The van der Waals surface area contributed by atoms with Crippen LogP contribution in [0.1, 0.15) is 110 Å². The summed E-state index contributed by atoms with van der Waals surface area (Å²) < 4.78 is 0. The van der Waals surface area contributed by atoms with Crippen LogP contribution in [-0.4, -0.2) is 18.6 Å². The number of nitrogens with one attached hydrogen (secondary N) is 2. The average Bonchev–Trinajstić information content (AvgIpc) is 2.99. The van der Waals surface area contributed by atoms with Gasteiger partial charge in [0.2, 0.25) is 0 Å². The molecule has 1 saturated heterocycles. The van der Waals surface area contributed by atoms with Gasteiger partial charge in [0.05, 0.1) is 0 Å². The molecule has 3 heteroatoms. The summed E-state index contributed by atoms with van der Waals surface area (Å²) in [6, 6.07) is 1.37. The Morgan fingerprint density at radius 3 is 2.68 bits per heavy atom. The fourth-order valence-corrected chi connectivity index (χ4v) is 9.31. The van der Waals surface area contributed by atoms with Crippen molar-refractivity contribution < 1.29 is 0 Å². The molecule has 8 atom stereocenters. The van der Waals surface area contributed by atoms with Crippen LogP contribution in [0.25, 0.3) is 0 Å². The van der Waals surface area contributed by atoms with Crippen molar-refractivity contribution in [3.63, 3.8) is 0 Å². The summed E-state index contributed by atoms with van der Waals surface area (Å²) in [6.45, 7) is 3.54. The van der Waals surface area contributed by atoms with Gasteiger partial charge in [-0.05, 0) is 125 Å². The quantitative estimate of drug-likeness (QED) is 0.177. The minimum absolute atomic E-state index is 0.553. The molecule has 4 N–H and O–H groups in total. The summed E-state index contributed by atoms with van der Waals surface area (Å²) in [4.78, 5) is 0. The fraction of sp³-hybridized carbons (Fsp3) is 0.684. The number of hydrogen-bond donors (Lipinski definition) is 3. The Balaban J connectivity index is 1.20. The van der Waals surface area contributed by atoms with Gasteiger partial charge >= 0.3 is 0 Å². The third-order valence-electron chi connectivity index (χ3n) is 11.7. The van der Waals surface area contributed by atoms with E-state index in [-0.39, 0.29) is 0 Å². The van der Waals surface area contributed by atoms with Gasteiger partial charge < -0.3 is 16.4 Å². The van der Waals surface area contributed by atoms with Crippen LogP contribution in [0.15, 0.2) is 71.1 Å². The van der Waals surface area contributed by atoms with Crippen molar-refractivity contribution in [3.05, 3.63) is 71.1 Å². The normalized spacial score (nSPS) is 36.8. The maximum atomic E-state index is 6.23. The van der Waals surface area contributed by atoms with Crippen LogP contribution < -0.4 is 16.4 Å². The van der Waals surface area contributed by atoms with Crippen LogP contribution >= 0.6 is 0 Å². The minimum Gasteiger partial charge on any atom is -0.405 e. The van der Waals surface area contributed by atoms with Crippen molar-refractivity contribution in [1.29, 1.82) is 0 Å². The second kappa shape index (κ2) is 14.0. The van der Waals surface area contributed by atoms with E-state index in [2.05, 4.69) is 60.1 Å². The minimum atomic E-state index is 0.553. The van der Waals surface area contributed by atoms with Crippen LogP contribution in [0.5, 0.6) is 0 Å². The molecule has 0 aromatic carbocycles. The Hall–Kier alpha value is -2.00. The van der Waals surface area contributed by atoms with E-state index in [0.29, 0.717) is 35.6 Å². The number of nitrogens with two attached hydrogens (primary N) is 1. The first-order chi connectivity index (χ1) is 20.2. The largest absolute Gasteiger partial charge is 0.405 e. The molecule has 2 fully saturated rings. The highest BCUT2D eigenvalue weighted by atomic mass is 15.0. The first-order valence-corrected chi connectivity index (χ1v) is 17.6. The molecule has 5 aliphatic carbocycles. The van der Waals surface area contributed by atoms with Crippen LogP contribution in [0.2, 0.25) is 0 Å². The number of allylic oxidation sites excluding steroid dienone is 9. The number of fused-ring (bicyclic) bond motifs is 2. The van der Waals surface area contributed by atoms with Crippen molar-refractivity contribution in [2.45, 2.75) is 122 Å². The topological polar surface area (TPSA) is 50.1 Å². The summed E-state index contributed by atoms with van der Waals surface area (Å²) in [7, 11) is 0. The zero-order chi connectivity index (χ0) is 28.0. The maximum Gasteiger partial charge on any atom is 0.0329 e. The van der Waals surface area contributed by atoms with Gasteiger partial charge in [-0.25, -0.2) is 0 Å². The molecule has 1 aliphatic heterocycles. The Kier molecular flexibility index (Phi) is 9.92. The summed E-state index contributed by atoms with van der Waals surface area (Å²) in [5, 5.41) is 7.79. The van der Waals surface area contributed by atoms with E-state index in [1.165, 1.54) is 114 Å². The molecule has 0 amide bonds. The second-order valence-electron chi connectivity index (χ2n) is 14.2. The van der Waals surface area contributed by atoms with Gasteiger partial charge in [0, 0.05) is 29.6 Å². The number of unbranched alkanes of at least 4 members (excludes halogenated alkanes) is 1. The van der Waals surface area contributed by atoms with E-state index in [1.54, 1.807) is 11.1 Å². The fourth-order valence-electron chi connectivity index (χ4n) is 9.31. The average molecular weight is 556 g/mol. The van der Waals surface area contributed by atoms with Crippen molar-refractivity contribution in [2.24, 2.45) is 41.2 Å². The SMILES string of the molecule is CCC/C(=C\N)C1CCC(C2CCC(CCCC[C@@H]3CCN3)CC2NC2=CC3C=CCCC3C=C2)=C2C=CCCC21. The maximum absolute atomic E-state index is 6.23. The third-order valence-corrected chi connectivity index (χ3v) is 11.7. The number of hydrogen-bond acceptors (Lipinski definition) is 3. The van der Waals surface area contributed by atoms with Crippen molar-refractivity contribution in [1.82, 2.24) is 10.6 Å². The second-order valence-corrected chi connectivity index (χ2v) is 14.2. The Morgan fingerprint density at radius 1 is 0.976 bits per heavy atom. The highest BCUT2D eigenvalue weighted by molar-refractivity contribution is 5.38. The summed E-state index contributed by atoms with van der Waals surface area (Å²) >= 11 is 0. The third kappa shape index (κ3) is 6.82. The molecule has 3 nitrogen and oxygen atoms in total. The van der Waals surface area contributed by atoms with E-state index >= 15 is 0 Å². The van der Waals surface area contributed by atoms with E-state index in [9.17, 15) is 0 Å². The van der Waals surface area contributed by atoms with Gasteiger partial charge in [-0.15, -0.1) is 0 Å². The predicted molar refractivity (Wildman–Crippen MR) is 174 cm³/mol. The molecule has 0 bridgehead atoms. The van der Waals surface area contributed by atoms with Crippen LogP contribution in [0, 0.1) is 35.5 Å². The lowest BCUT2D eigenvalue weighted by Crippen LogP contribution is -2.43. The molecular weight excluding hydrogens is 498 g/mol. The molecule has 1 saturated carbocycles. The molecule has 6 rings (SSSR count). The lowest BCUT2D eigenvalue weighted by molar-refractivity contribution is 0.212. The van der Waals surface area contributed by atoms with Gasteiger partial charge in [-0.1, -0.05) is 80.2 Å². The van der Waals surface area contributed by atoms with E-state index < -0.39 is 0 Å². The molecule has 0 aromatic rings. The Labute approximate surface area is 251 Å². The molecule has 0 radical (unpaired) electrons. The monoisotopic (exact) mass is 555 g/mol. The molecule has 41 heavy (non-hydrogen) atoms. The van der Waals surface area contributed by atoms with Crippen molar-refractivity contribution in [3.8, 4) is 0 Å². The molecule has 7 unspecified atom stereocenters. The Morgan fingerprint density at radius 2 is 1.85 bits per heavy atom. The highest BCUT2D eigenvalue weighted by Crippen LogP contribution is 2.49. The molecule has 224 valence electrons. The number of rotatable bonds is 11. The summed E-state index contributed by atoms with van der Waals surface area (Å²) in [6.07, 6.45) is 40.4. The zero-order valence-electron chi connectivity index (χ0n) is 25.8. The van der Waals surface area contributed by atoms with Crippen LogP contribution in [0.3, 0.4) is 0 Å². The van der Waals surface area contributed by atoms with E-state index in [4.69, 9.17) is 5.73 Å². The summed E-state index contributed by atoms with van der Waals surface area (Å²) in [5.74, 6) is 4.13. The van der Waals surface area contributed by atoms with Gasteiger partial charge in [0.1, 0.15) is 0 Å². The van der Waals surface area contributed by atoms with Crippen molar-refractivity contribution in [2.75, 3.05) is 6.54 Å². The first kappa shape index (κ1) is 29.1. The molecule has 1 heterocycles. The lowest BCUT2D eigenvalue weighted by Gasteiger charge is -2.45. The van der Waals surface area contributed by atoms with Crippen LogP contribution in [0.4, 0.5) is 0 Å². The van der Waals surface area contributed by atoms with Crippen molar-refractivity contribution >= 4 is 0 Å². The Bertz CT molecular complexity index is 1070. The predicted octanol–water partition coefficient (Wildman–Crippen LogP) is 8.63. The first-order valence-electron chi connectivity index (χ1n) is 17.6.